The number of nitrogens with one attached hydrogen (secondary N) is 2. The van der Waals surface area contributed by atoms with Crippen molar-refractivity contribution in [1.29, 1.82) is 0 Å². The Bertz CT molecular complexity index is 543. The second-order valence-corrected chi connectivity index (χ2v) is 7.75. The lowest BCUT2D eigenvalue weighted by atomic mass is 10.4. The zero-order valence-corrected chi connectivity index (χ0v) is 19.6. The summed E-state index contributed by atoms with van der Waals surface area (Å²) in [5.74, 6) is 1.68. The Morgan fingerprint density at radius 2 is 1.85 bits per heavy atom. The van der Waals surface area contributed by atoms with Crippen LogP contribution in [0.2, 0.25) is 0 Å². The Morgan fingerprint density at radius 3 is 2.59 bits per heavy atom. The molecule has 2 N–H and O–H groups in total. The molecule has 0 spiro atoms. The number of halogens is 2. The molecule has 1 saturated heterocycles. The van der Waals surface area contributed by atoms with Crippen molar-refractivity contribution in [2.24, 2.45) is 4.99 Å². The molecule has 0 aromatic heterocycles. The first-order chi connectivity index (χ1) is 12.7. The smallest absolute Gasteiger partial charge is 0.191 e. The Hall–Kier alpha value is -0.580. The lowest BCUT2D eigenvalue weighted by molar-refractivity contribution is 0.280. The quantitative estimate of drug-likeness (QED) is 0.186. The van der Waals surface area contributed by atoms with Crippen LogP contribution in [0.25, 0.3) is 0 Å². The fraction of sp³-hybridized carbons (Fsp3) is 0.632. The van der Waals surface area contributed by atoms with Crippen LogP contribution in [-0.2, 0) is 0 Å². The molecule has 0 atom stereocenters. The van der Waals surface area contributed by atoms with Crippen molar-refractivity contribution in [3.05, 3.63) is 30.1 Å². The van der Waals surface area contributed by atoms with Crippen LogP contribution in [-0.4, -0.2) is 81.4 Å². The van der Waals surface area contributed by atoms with Gasteiger partial charge in [0, 0.05) is 44.7 Å². The lowest BCUT2D eigenvalue weighted by Crippen LogP contribution is -2.42. The highest BCUT2D eigenvalue weighted by Crippen LogP contribution is 2.18. The molecular weight excluding hydrogens is 476 g/mol. The van der Waals surface area contributed by atoms with Crippen LogP contribution in [0.3, 0.4) is 0 Å². The Morgan fingerprint density at radius 1 is 1.11 bits per heavy atom. The molecule has 27 heavy (non-hydrogen) atoms. The zero-order valence-electron chi connectivity index (χ0n) is 16.4. The van der Waals surface area contributed by atoms with Crippen molar-refractivity contribution < 1.29 is 4.39 Å². The molecule has 0 unspecified atom stereocenters. The first-order valence-electron chi connectivity index (χ1n) is 9.41. The first-order valence-corrected chi connectivity index (χ1v) is 10.4. The van der Waals surface area contributed by atoms with E-state index in [0.717, 1.165) is 55.8 Å². The standard InChI is InChI=1S/C19H32FN5S.HI/c1-21-19(23-10-13-25-12-4-11-24(2)14-15-25)22-9-3-16-26-18-7-5-17(20)6-8-18;/h5-8H,3-4,9-16H2,1-2H3,(H2,21,22,23);1H. The minimum Gasteiger partial charge on any atom is -0.356 e. The summed E-state index contributed by atoms with van der Waals surface area (Å²) in [6, 6.07) is 6.67. The van der Waals surface area contributed by atoms with Crippen LogP contribution in [0.1, 0.15) is 12.8 Å². The molecule has 8 heteroatoms. The highest BCUT2D eigenvalue weighted by molar-refractivity contribution is 14.0. The van der Waals surface area contributed by atoms with Crippen LogP contribution in [0, 0.1) is 5.82 Å². The van der Waals surface area contributed by atoms with Gasteiger partial charge in [0.25, 0.3) is 0 Å². The van der Waals surface area contributed by atoms with Gasteiger partial charge in [0.2, 0.25) is 0 Å². The molecule has 5 nitrogen and oxygen atoms in total. The zero-order chi connectivity index (χ0) is 18.6. The van der Waals surface area contributed by atoms with E-state index in [2.05, 4.69) is 32.5 Å². The molecule has 1 heterocycles. The predicted molar refractivity (Wildman–Crippen MR) is 125 cm³/mol. The van der Waals surface area contributed by atoms with Gasteiger partial charge in [-0.05, 0) is 63.0 Å². The summed E-state index contributed by atoms with van der Waals surface area (Å²) >= 11 is 1.75. The maximum absolute atomic E-state index is 12.9. The number of benzene rings is 1. The topological polar surface area (TPSA) is 42.9 Å². The van der Waals surface area contributed by atoms with Crippen LogP contribution >= 0.6 is 35.7 Å². The molecule has 154 valence electrons. The first kappa shape index (κ1) is 24.5. The van der Waals surface area contributed by atoms with Gasteiger partial charge in [-0.2, -0.15) is 0 Å². The summed E-state index contributed by atoms with van der Waals surface area (Å²) in [4.78, 5) is 10.3. The van der Waals surface area contributed by atoms with E-state index in [1.54, 1.807) is 11.8 Å². The van der Waals surface area contributed by atoms with Crippen molar-refractivity contribution in [3.63, 3.8) is 0 Å². The average molecular weight is 509 g/mol. The molecule has 1 aliphatic rings. The van der Waals surface area contributed by atoms with Crippen molar-refractivity contribution in [2.75, 3.05) is 65.7 Å². The van der Waals surface area contributed by atoms with Gasteiger partial charge < -0.3 is 20.4 Å². The largest absolute Gasteiger partial charge is 0.356 e. The summed E-state index contributed by atoms with van der Waals surface area (Å²) < 4.78 is 12.9. The van der Waals surface area contributed by atoms with E-state index < -0.39 is 0 Å². The maximum Gasteiger partial charge on any atom is 0.191 e. The summed E-state index contributed by atoms with van der Waals surface area (Å²) in [5.41, 5.74) is 0. The van der Waals surface area contributed by atoms with Gasteiger partial charge in [0.05, 0.1) is 0 Å². The molecule has 0 bridgehead atoms. The molecule has 0 radical (unpaired) electrons. The summed E-state index contributed by atoms with van der Waals surface area (Å²) in [6.07, 6.45) is 2.27. The van der Waals surface area contributed by atoms with Crippen molar-refractivity contribution in [1.82, 2.24) is 20.4 Å². The average Bonchev–Trinajstić information content (AvgIpc) is 2.86. The van der Waals surface area contributed by atoms with Gasteiger partial charge in [-0.25, -0.2) is 4.39 Å². The molecule has 0 amide bonds. The predicted octanol–water partition coefficient (Wildman–Crippen LogP) is 2.73. The minimum atomic E-state index is -0.182. The van der Waals surface area contributed by atoms with E-state index in [9.17, 15) is 4.39 Å². The summed E-state index contributed by atoms with van der Waals surface area (Å²) in [5, 5.41) is 6.76. The van der Waals surface area contributed by atoms with Gasteiger partial charge in [-0.15, -0.1) is 35.7 Å². The molecule has 1 aromatic carbocycles. The molecule has 0 aliphatic carbocycles. The number of hydrogen-bond acceptors (Lipinski definition) is 4. The Kier molecular flexibility index (Phi) is 13.1. The van der Waals surface area contributed by atoms with Crippen molar-refractivity contribution >= 4 is 41.7 Å². The number of hydrogen-bond donors (Lipinski definition) is 2. The number of thioether (sulfide) groups is 1. The molecule has 0 saturated carbocycles. The number of likely N-dealkylation sites (N-methyl/N-ethyl adjacent to an activating group) is 1. The van der Waals surface area contributed by atoms with Gasteiger partial charge >= 0.3 is 0 Å². The third-order valence-corrected chi connectivity index (χ3v) is 5.55. The third kappa shape index (κ3) is 10.5. The van der Waals surface area contributed by atoms with Crippen molar-refractivity contribution in [2.45, 2.75) is 17.7 Å². The Balaban J connectivity index is 0.00000364. The second kappa shape index (κ2) is 14.4. The van der Waals surface area contributed by atoms with E-state index in [1.807, 2.05) is 19.2 Å². The van der Waals surface area contributed by atoms with Crippen LogP contribution in [0.4, 0.5) is 4.39 Å². The maximum atomic E-state index is 12.9. The van der Waals surface area contributed by atoms with E-state index in [4.69, 9.17) is 0 Å². The number of guanidine groups is 1. The van der Waals surface area contributed by atoms with E-state index in [0.29, 0.717) is 0 Å². The van der Waals surface area contributed by atoms with Gasteiger partial charge in [0.15, 0.2) is 5.96 Å². The molecule has 1 aromatic rings. The number of aliphatic imine (C=N–C) groups is 1. The normalized spacial score (nSPS) is 16.5. The second-order valence-electron chi connectivity index (χ2n) is 6.58. The summed E-state index contributed by atoms with van der Waals surface area (Å²) in [6.45, 7) is 7.51. The monoisotopic (exact) mass is 509 g/mol. The van der Waals surface area contributed by atoms with Crippen LogP contribution < -0.4 is 10.6 Å². The molecule has 1 fully saturated rings. The highest BCUT2D eigenvalue weighted by Gasteiger charge is 2.11. The fourth-order valence-corrected chi connectivity index (χ4v) is 3.73. The van der Waals surface area contributed by atoms with Gasteiger partial charge in [0.1, 0.15) is 5.82 Å². The highest BCUT2D eigenvalue weighted by atomic mass is 127. The van der Waals surface area contributed by atoms with Crippen molar-refractivity contribution in [3.8, 4) is 0 Å². The van der Waals surface area contributed by atoms with Crippen LogP contribution in [0.5, 0.6) is 0 Å². The molecular formula is C19H33FIN5S. The fourth-order valence-electron chi connectivity index (χ4n) is 2.88. The summed E-state index contributed by atoms with van der Waals surface area (Å²) in [7, 11) is 4.01. The minimum absolute atomic E-state index is 0. The molecule has 2 rings (SSSR count). The van der Waals surface area contributed by atoms with Gasteiger partial charge in [-0.3, -0.25) is 4.99 Å². The lowest BCUT2D eigenvalue weighted by Gasteiger charge is -2.21. The number of nitrogens with zero attached hydrogens (tertiary/aromatic N) is 3. The van der Waals surface area contributed by atoms with E-state index >= 15 is 0 Å². The third-order valence-electron chi connectivity index (χ3n) is 4.45. The van der Waals surface area contributed by atoms with E-state index in [-0.39, 0.29) is 29.8 Å². The van der Waals surface area contributed by atoms with E-state index in [1.165, 1.54) is 31.6 Å². The van der Waals surface area contributed by atoms with Gasteiger partial charge in [-0.1, -0.05) is 0 Å². The SMILES string of the molecule is CN=C(NCCCSc1ccc(F)cc1)NCCN1CCCN(C)CC1.I. The number of rotatable bonds is 8. The molecule has 1 aliphatic heterocycles. The van der Waals surface area contributed by atoms with Crippen LogP contribution in [0.15, 0.2) is 34.2 Å². The Labute approximate surface area is 184 Å².